The second-order valence-corrected chi connectivity index (χ2v) is 6.84. The van der Waals surface area contributed by atoms with Crippen LogP contribution < -0.4 is 14.8 Å². The van der Waals surface area contributed by atoms with Gasteiger partial charge in [0.25, 0.3) is 11.8 Å². The number of hydrogen-bond acceptors (Lipinski definition) is 8. The van der Waals surface area contributed by atoms with Crippen LogP contribution in [0.25, 0.3) is 0 Å². The minimum atomic E-state index is -0.347. The Morgan fingerprint density at radius 3 is 2.31 bits per heavy atom. The lowest BCUT2D eigenvalue weighted by atomic mass is 10.1. The Bertz CT molecular complexity index is 847. The lowest BCUT2D eigenvalue weighted by molar-refractivity contribution is 0.0701. The Kier molecular flexibility index (Phi) is 10.5. The van der Waals surface area contributed by atoms with Gasteiger partial charge in [-0.25, -0.2) is 4.98 Å². The van der Waals surface area contributed by atoms with Gasteiger partial charge in [-0.1, -0.05) is 6.07 Å². The van der Waals surface area contributed by atoms with Gasteiger partial charge < -0.3 is 33.6 Å². The normalized spacial score (nSPS) is 10.6. The summed E-state index contributed by atoms with van der Waals surface area (Å²) < 4.78 is 26.3. The molecule has 0 saturated heterocycles. The van der Waals surface area contributed by atoms with Gasteiger partial charge in [0, 0.05) is 40.5 Å². The molecular weight excluding hydrogens is 418 g/mol. The van der Waals surface area contributed by atoms with Crippen molar-refractivity contribution >= 4 is 11.8 Å². The van der Waals surface area contributed by atoms with E-state index in [4.69, 9.17) is 23.4 Å². The second kappa shape index (κ2) is 13.3. The smallest absolute Gasteiger partial charge is 0.273 e. The van der Waals surface area contributed by atoms with E-state index < -0.39 is 0 Å². The van der Waals surface area contributed by atoms with Gasteiger partial charge in [-0.05, 0) is 25.0 Å². The van der Waals surface area contributed by atoms with Crippen molar-refractivity contribution in [3.8, 4) is 11.5 Å². The molecule has 0 atom stereocenters. The van der Waals surface area contributed by atoms with Crippen molar-refractivity contribution in [2.75, 3.05) is 54.7 Å². The van der Waals surface area contributed by atoms with Crippen molar-refractivity contribution < 1.29 is 33.0 Å². The molecule has 2 aromatic rings. The number of rotatable bonds is 14. The molecule has 2 amide bonds. The molecule has 0 bridgehead atoms. The van der Waals surface area contributed by atoms with E-state index in [9.17, 15) is 9.59 Å². The van der Waals surface area contributed by atoms with Crippen molar-refractivity contribution in [2.24, 2.45) is 0 Å². The molecule has 176 valence electrons. The minimum absolute atomic E-state index is 0.0701. The van der Waals surface area contributed by atoms with Gasteiger partial charge in [0.15, 0.2) is 5.69 Å². The number of ether oxygens (including phenoxy) is 4. The summed E-state index contributed by atoms with van der Waals surface area (Å²) in [7, 11) is 6.19. The average molecular weight is 450 g/mol. The fourth-order valence-electron chi connectivity index (χ4n) is 3.03. The van der Waals surface area contributed by atoms with Crippen molar-refractivity contribution in [3.05, 3.63) is 41.6 Å². The van der Waals surface area contributed by atoms with Gasteiger partial charge in [-0.2, -0.15) is 0 Å². The van der Waals surface area contributed by atoms with Crippen LogP contribution in [0.1, 0.15) is 39.6 Å². The fourth-order valence-corrected chi connectivity index (χ4v) is 3.03. The molecule has 1 N–H and O–H groups in total. The van der Waals surface area contributed by atoms with Crippen molar-refractivity contribution in [3.63, 3.8) is 0 Å². The van der Waals surface area contributed by atoms with Gasteiger partial charge in [0.05, 0.1) is 20.8 Å². The van der Waals surface area contributed by atoms with Crippen LogP contribution in [0.15, 0.2) is 28.9 Å². The summed E-state index contributed by atoms with van der Waals surface area (Å²) in [6.45, 7) is 1.95. The van der Waals surface area contributed by atoms with Crippen molar-refractivity contribution in [1.29, 1.82) is 0 Å². The number of aromatic nitrogens is 1. The summed E-state index contributed by atoms with van der Waals surface area (Å²) in [5.41, 5.74) is 0.453. The van der Waals surface area contributed by atoms with E-state index in [0.717, 1.165) is 0 Å². The number of benzene rings is 1. The molecule has 0 aliphatic heterocycles. The topological polar surface area (TPSA) is 112 Å². The third kappa shape index (κ3) is 6.96. The fraction of sp³-hybridized carbons (Fsp3) is 0.500. The van der Waals surface area contributed by atoms with Crippen LogP contribution in [0.3, 0.4) is 0 Å². The molecule has 10 nitrogen and oxygen atoms in total. The van der Waals surface area contributed by atoms with Crippen LogP contribution in [-0.4, -0.2) is 76.4 Å². The maximum absolute atomic E-state index is 13.4. The predicted octanol–water partition coefficient (Wildman–Crippen LogP) is 2.14. The van der Waals surface area contributed by atoms with Crippen LogP contribution in [0.5, 0.6) is 11.5 Å². The lowest BCUT2D eigenvalue weighted by Crippen LogP contribution is -2.33. The molecule has 2 rings (SSSR count). The maximum Gasteiger partial charge on any atom is 0.273 e. The molecule has 0 saturated carbocycles. The van der Waals surface area contributed by atoms with Gasteiger partial charge in [-0.15, -0.1) is 0 Å². The number of carbonyl (C=O) groups is 2. The molecule has 10 heteroatoms. The predicted molar refractivity (Wildman–Crippen MR) is 116 cm³/mol. The summed E-state index contributed by atoms with van der Waals surface area (Å²) in [5, 5.41) is 2.75. The number of amides is 2. The Balaban J connectivity index is 2.18. The highest BCUT2D eigenvalue weighted by atomic mass is 16.5. The summed E-state index contributed by atoms with van der Waals surface area (Å²) >= 11 is 0. The third-order valence-corrected chi connectivity index (χ3v) is 4.63. The van der Waals surface area contributed by atoms with E-state index in [1.807, 2.05) is 0 Å². The van der Waals surface area contributed by atoms with Crippen LogP contribution in [0, 0.1) is 0 Å². The third-order valence-electron chi connectivity index (χ3n) is 4.63. The molecule has 1 aromatic heterocycles. The molecule has 1 aromatic carbocycles. The highest BCUT2D eigenvalue weighted by Gasteiger charge is 2.25. The first kappa shape index (κ1) is 25.2. The molecule has 1 heterocycles. The Morgan fingerprint density at radius 1 is 1.03 bits per heavy atom. The Hall–Kier alpha value is -3.11. The maximum atomic E-state index is 13.4. The van der Waals surface area contributed by atoms with E-state index in [1.54, 1.807) is 37.3 Å². The zero-order valence-corrected chi connectivity index (χ0v) is 19.0. The van der Waals surface area contributed by atoms with E-state index in [2.05, 4.69) is 10.3 Å². The summed E-state index contributed by atoms with van der Waals surface area (Å²) in [6, 6.07) is 5.13. The average Bonchev–Trinajstić information content (AvgIpc) is 3.29. The van der Waals surface area contributed by atoms with Gasteiger partial charge in [0.2, 0.25) is 5.89 Å². The molecule has 0 aliphatic rings. The van der Waals surface area contributed by atoms with Crippen LogP contribution in [0.4, 0.5) is 0 Å². The van der Waals surface area contributed by atoms with Crippen LogP contribution >= 0.6 is 0 Å². The Morgan fingerprint density at radius 2 is 1.69 bits per heavy atom. The highest BCUT2D eigenvalue weighted by Crippen LogP contribution is 2.30. The number of hydrogen-bond donors (Lipinski definition) is 1. The molecule has 32 heavy (non-hydrogen) atoms. The number of nitrogens with zero attached hydrogens (tertiary/aromatic N) is 2. The van der Waals surface area contributed by atoms with Gasteiger partial charge in [-0.3, -0.25) is 9.59 Å². The quantitative estimate of drug-likeness (QED) is 0.437. The van der Waals surface area contributed by atoms with E-state index in [1.165, 1.54) is 20.5 Å². The molecule has 0 unspecified atom stereocenters. The largest absolute Gasteiger partial charge is 0.496 e. The van der Waals surface area contributed by atoms with Crippen LogP contribution in [-0.2, 0) is 16.0 Å². The Labute approximate surface area is 187 Å². The second-order valence-electron chi connectivity index (χ2n) is 6.84. The van der Waals surface area contributed by atoms with Crippen LogP contribution in [0.2, 0.25) is 0 Å². The standard InChI is InChI=1S/C22H31N3O7/c1-28-12-6-10-23-21(26)16-15-32-19(24-16)14-25(11-7-13-29-2)22(27)20-17(30-3)8-5-9-18(20)31-4/h5,8-9,15H,6-7,10-14H2,1-4H3,(H,23,26). The monoisotopic (exact) mass is 449 g/mol. The molecule has 0 fully saturated rings. The SMILES string of the molecule is COCCCNC(=O)c1coc(CN(CCCOC)C(=O)c2c(OC)cccc2OC)n1. The lowest BCUT2D eigenvalue weighted by Gasteiger charge is -2.23. The molecule has 0 radical (unpaired) electrons. The number of nitrogens with one attached hydrogen (secondary N) is 1. The minimum Gasteiger partial charge on any atom is -0.496 e. The molecule has 0 spiro atoms. The van der Waals surface area contributed by atoms with E-state index >= 15 is 0 Å². The van der Waals surface area contributed by atoms with E-state index in [-0.39, 0.29) is 29.9 Å². The van der Waals surface area contributed by atoms with Crippen molar-refractivity contribution in [1.82, 2.24) is 15.2 Å². The molecule has 0 aliphatic carbocycles. The van der Waals surface area contributed by atoms with Crippen molar-refractivity contribution in [2.45, 2.75) is 19.4 Å². The first-order chi connectivity index (χ1) is 15.5. The molecular formula is C22H31N3O7. The number of methoxy groups -OCH3 is 4. The zero-order valence-electron chi connectivity index (χ0n) is 19.0. The number of oxazole rings is 1. The zero-order chi connectivity index (χ0) is 23.3. The first-order valence-corrected chi connectivity index (χ1v) is 10.3. The summed E-state index contributed by atoms with van der Waals surface area (Å²) in [6.07, 6.45) is 2.57. The van der Waals surface area contributed by atoms with Gasteiger partial charge in [0.1, 0.15) is 23.3 Å². The first-order valence-electron chi connectivity index (χ1n) is 10.3. The summed E-state index contributed by atoms with van der Waals surface area (Å²) in [4.78, 5) is 31.4. The van der Waals surface area contributed by atoms with E-state index in [0.29, 0.717) is 56.2 Å². The van der Waals surface area contributed by atoms with Gasteiger partial charge >= 0.3 is 0 Å². The number of carbonyl (C=O) groups excluding carboxylic acids is 2. The summed E-state index contributed by atoms with van der Waals surface area (Å²) in [5.74, 6) is 0.384. The highest BCUT2D eigenvalue weighted by molar-refractivity contribution is 5.99.